The summed E-state index contributed by atoms with van der Waals surface area (Å²) in [5.74, 6) is 0. The van der Waals surface area contributed by atoms with E-state index in [4.69, 9.17) is 16.7 Å². The van der Waals surface area contributed by atoms with Crippen LogP contribution in [-0.2, 0) is 0 Å². The van der Waals surface area contributed by atoms with Gasteiger partial charge >= 0.3 is 0 Å². The van der Waals surface area contributed by atoms with E-state index in [-0.39, 0.29) is 18.1 Å². The molecule has 0 aliphatic rings. The molecule has 1 unspecified atom stereocenters. The van der Waals surface area contributed by atoms with Crippen LogP contribution < -0.4 is 5.32 Å². The SMILES string of the molecule is CC(NCC(C)(C)CO)c1cccc(Cl)c1. The normalized spacial score (nSPS) is 13.8. The molecule has 0 saturated carbocycles. The zero-order valence-corrected chi connectivity index (χ0v) is 10.9. The van der Waals surface area contributed by atoms with Crippen LogP contribution in [0.3, 0.4) is 0 Å². The van der Waals surface area contributed by atoms with Gasteiger partial charge in [0.1, 0.15) is 0 Å². The van der Waals surface area contributed by atoms with Crippen molar-refractivity contribution < 1.29 is 5.11 Å². The van der Waals surface area contributed by atoms with Crippen molar-refractivity contribution in [2.75, 3.05) is 13.2 Å². The Kier molecular flexibility index (Phi) is 4.78. The first-order valence-electron chi connectivity index (χ1n) is 5.54. The average Bonchev–Trinajstić information content (AvgIpc) is 2.26. The lowest BCUT2D eigenvalue weighted by Crippen LogP contribution is -2.33. The lowest BCUT2D eigenvalue weighted by atomic mass is 9.94. The third-order valence-corrected chi connectivity index (χ3v) is 2.90. The van der Waals surface area contributed by atoms with E-state index >= 15 is 0 Å². The summed E-state index contributed by atoms with van der Waals surface area (Å²) in [6.07, 6.45) is 0. The zero-order chi connectivity index (χ0) is 12.2. The third-order valence-electron chi connectivity index (χ3n) is 2.66. The fraction of sp³-hybridized carbons (Fsp3) is 0.538. The molecule has 2 nitrogen and oxygen atoms in total. The Bertz CT molecular complexity index is 338. The van der Waals surface area contributed by atoms with Gasteiger partial charge in [-0.1, -0.05) is 37.6 Å². The Morgan fingerprint density at radius 2 is 2.12 bits per heavy atom. The van der Waals surface area contributed by atoms with E-state index in [9.17, 15) is 0 Å². The minimum atomic E-state index is -0.0904. The highest BCUT2D eigenvalue weighted by molar-refractivity contribution is 6.30. The molecule has 2 N–H and O–H groups in total. The molecule has 1 atom stereocenters. The Morgan fingerprint density at radius 3 is 2.69 bits per heavy atom. The van der Waals surface area contributed by atoms with Gasteiger partial charge in [0.15, 0.2) is 0 Å². The summed E-state index contributed by atoms with van der Waals surface area (Å²) in [5, 5.41) is 13.3. The maximum Gasteiger partial charge on any atom is 0.0494 e. The van der Waals surface area contributed by atoms with Crippen LogP contribution in [0.15, 0.2) is 24.3 Å². The number of rotatable bonds is 5. The molecule has 1 aromatic carbocycles. The van der Waals surface area contributed by atoms with Crippen molar-refractivity contribution >= 4 is 11.6 Å². The summed E-state index contributed by atoms with van der Waals surface area (Å²) in [6.45, 7) is 7.12. The van der Waals surface area contributed by atoms with E-state index in [0.717, 1.165) is 11.6 Å². The summed E-state index contributed by atoms with van der Waals surface area (Å²) >= 11 is 5.94. The van der Waals surface area contributed by atoms with Crippen molar-refractivity contribution in [3.05, 3.63) is 34.9 Å². The Morgan fingerprint density at radius 1 is 1.44 bits per heavy atom. The molecule has 3 heteroatoms. The molecule has 0 aliphatic carbocycles. The van der Waals surface area contributed by atoms with Crippen LogP contribution in [0.25, 0.3) is 0 Å². The number of nitrogens with one attached hydrogen (secondary N) is 1. The second-order valence-corrected chi connectivity index (χ2v) is 5.42. The van der Waals surface area contributed by atoms with Crippen LogP contribution in [0.2, 0.25) is 5.02 Å². The predicted molar refractivity (Wildman–Crippen MR) is 68.7 cm³/mol. The van der Waals surface area contributed by atoms with Gasteiger partial charge in [-0.15, -0.1) is 0 Å². The standard InChI is InChI=1S/C13H20ClNO/c1-10(15-8-13(2,3)9-16)11-5-4-6-12(14)7-11/h4-7,10,15-16H,8-9H2,1-3H3. The van der Waals surface area contributed by atoms with Gasteiger partial charge in [-0.25, -0.2) is 0 Å². The van der Waals surface area contributed by atoms with E-state index in [0.29, 0.717) is 0 Å². The highest BCUT2D eigenvalue weighted by atomic mass is 35.5. The van der Waals surface area contributed by atoms with Crippen molar-refractivity contribution in [1.82, 2.24) is 5.32 Å². The molecule has 0 heterocycles. The van der Waals surface area contributed by atoms with Gasteiger partial charge in [-0.2, -0.15) is 0 Å². The molecule has 0 fully saturated rings. The smallest absolute Gasteiger partial charge is 0.0494 e. The number of halogens is 1. The molecule has 0 aliphatic heterocycles. The number of benzene rings is 1. The quantitative estimate of drug-likeness (QED) is 0.831. The lowest BCUT2D eigenvalue weighted by Gasteiger charge is -2.25. The third kappa shape index (κ3) is 4.12. The average molecular weight is 242 g/mol. The van der Waals surface area contributed by atoms with Gasteiger partial charge in [-0.05, 0) is 24.6 Å². The number of hydrogen-bond donors (Lipinski definition) is 2. The maximum absolute atomic E-state index is 9.16. The number of aliphatic hydroxyl groups is 1. The Labute approximate surface area is 103 Å². The molecule has 0 amide bonds. The molecular formula is C13H20ClNO. The van der Waals surface area contributed by atoms with Gasteiger partial charge in [0, 0.05) is 29.6 Å². The summed E-state index contributed by atoms with van der Waals surface area (Å²) in [4.78, 5) is 0. The summed E-state index contributed by atoms with van der Waals surface area (Å²) < 4.78 is 0. The van der Waals surface area contributed by atoms with Gasteiger partial charge in [0.2, 0.25) is 0 Å². The maximum atomic E-state index is 9.16. The topological polar surface area (TPSA) is 32.3 Å². The monoisotopic (exact) mass is 241 g/mol. The van der Waals surface area contributed by atoms with Crippen molar-refractivity contribution in [3.63, 3.8) is 0 Å². The van der Waals surface area contributed by atoms with Crippen molar-refractivity contribution in [2.24, 2.45) is 5.41 Å². The van der Waals surface area contributed by atoms with Crippen LogP contribution >= 0.6 is 11.6 Å². The molecule has 0 radical (unpaired) electrons. The second-order valence-electron chi connectivity index (χ2n) is 4.98. The molecule has 0 bridgehead atoms. The van der Waals surface area contributed by atoms with E-state index in [1.54, 1.807) is 0 Å². The minimum Gasteiger partial charge on any atom is -0.396 e. The molecule has 90 valence electrons. The van der Waals surface area contributed by atoms with E-state index in [1.165, 1.54) is 5.56 Å². The first-order chi connectivity index (χ1) is 7.44. The van der Waals surface area contributed by atoms with Gasteiger partial charge in [0.05, 0.1) is 0 Å². The summed E-state index contributed by atoms with van der Waals surface area (Å²) in [7, 11) is 0. The van der Waals surface area contributed by atoms with Gasteiger partial charge < -0.3 is 10.4 Å². The molecular weight excluding hydrogens is 222 g/mol. The highest BCUT2D eigenvalue weighted by Gasteiger charge is 2.17. The van der Waals surface area contributed by atoms with Crippen molar-refractivity contribution in [1.29, 1.82) is 0 Å². The molecule has 0 saturated heterocycles. The van der Waals surface area contributed by atoms with Crippen LogP contribution in [0, 0.1) is 5.41 Å². The fourth-order valence-electron chi connectivity index (χ4n) is 1.38. The lowest BCUT2D eigenvalue weighted by molar-refractivity contribution is 0.154. The molecule has 1 aromatic rings. The van der Waals surface area contributed by atoms with E-state index in [2.05, 4.69) is 18.3 Å². The minimum absolute atomic E-state index is 0.0904. The molecule has 0 aromatic heterocycles. The zero-order valence-electron chi connectivity index (χ0n) is 10.1. The predicted octanol–water partition coefficient (Wildman–Crippen LogP) is 3.01. The van der Waals surface area contributed by atoms with Gasteiger partial charge in [0.25, 0.3) is 0 Å². The molecule has 0 spiro atoms. The van der Waals surface area contributed by atoms with E-state index < -0.39 is 0 Å². The van der Waals surface area contributed by atoms with Crippen LogP contribution in [0.4, 0.5) is 0 Å². The summed E-state index contributed by atoms with van der Waals surface area (Å²) in [6, 6.07) is 8.08. The largest absolute Gasteiger partial charge is 0.396 e. The van der Waals surface area contributed by atoms with Crippen molar-refractivity contribution in [3.8, 4) is 0 Å². The molecule has 16 heavy (non-hydrogen) atoms. The second kappa shape index (κ2) is 5.67. The van der Waals surface area contributed by atoms with Crippen LogP contribution in [-0.4, -0.2) is 18.3 Å². The number of aliphatic hydroxyl groups excluding tert-OH is 1. The van der Waals surface area contributed by atoms with Crippen molar-refractivity contribution in [2.45, 2.75) is 26.8 Å². The highest BCUT2D eigenvalue weighted by Crippen LogP contribution is 2.19. The fourth-order valence-corrected chi connectivity index (χ4v) is 1.58. The Hall–Kier alpha value is -0.570. The van der Waals surface area contributed by atoms with Crippen LogP contribution in [0.1, 0.15) is 32.4 Å². The first kappa shape index (κ1) is 13.5. The molecule has 1 rings (SSSR count). The Balaban J connectivity index is 2.56. The summed E-state index contributed by atoms with van der Waals surface area (Å²) in [5.41, 5.74) is 1.08. The van der Waals surface area contributed by atoms with Gasteiger partial charge in [-0.3, -0.25) is 0 Å². The van der Waals surface area contributed by atoms with E-state index in [1.807, 2.05) is 32.0 Å². The number of hydrogen-bond acceptors (Lipinski definition) is 2. The first-order valence-corrected chi connectivity index (χ1v) is 5.92. The van der Waals surface area contributed by atoms with Crippen LogP contribution in [0.5, 0.6) is 0 Å².